The second-order valence-corrected chi connectivity index (χ2v) is 5.90. The van der Waals surface area contributed by atoms with Crippen LogP contribution < -0.4 is 9.47 Å². The van der Waals surface area contributed by atoms with Gasteiger partial charge in [-0.2, -0.15) is 0 Å². The highest BCUT2D eigenvalue weighted by Crippen LogP contribution is 2.50. The summed E-state index contributed by atoms with van der Waals surface area (Å²) in [6, 6.07) is 6.18. The van der Waals surface area contributed by atoms with E-state index in [1.54, 1.807) is 14.2 Å². The topological polar surface area (TPSA) is 18.5 Å². The van der Waals surface area contributed by atoms with Gasteiger partial charge in [0.1, 0.15) is 11.5 Å². The molecule has 0 radical (unpaired) electrons. The van der Waals surface area contributed by atoms with E-state index in [-0.39, 0.29) is 0 Å². The molecule has 0 heterocycles. The predicted molar refractivity (Wildman–Crippen MR) is 74.5 cm³/mol. The molecule has 1 aliphatic rings. The molecule has 0 aromatic heterocycles. The molecule has 100 valence electrons. The van der Waals surface area contributed by atoms with Crippen LogP contribution in [0.2, 0.25) is 0 Å². The summed E-state index contributed by atoms with van der Waals surface area (Å²) < 4.78 is 10.7. The Balaban J connectivity index is 2.05. The molecule has 2 rings (SSSR count). The molecule has 1 aromatic carbocycles. The average Bonchev–Trinajstić information content (AvgIpc) is 3.13. The molecule has 1 aromatic rings. The van der Waals surface area contributed by atoms with Crippen molar-refractivity contribution < 1.29 is 9.47 Å². The molecule has 0 N–H and O–H groups in total. The zero-order valence-electron chi connectivity index (χ0n) is 12.0. The molecular weight excluding hydrogens is 224 g/mol. The summed E-state index contributed by atoms with van der Waals surface area (Å²) in [5.41, 5.74) is 1.95. The van der Waals surface area contributed by atoms with E-state index in [1.165, 1.54) is 31.2 Å². The van der Waals surface area contributed by atoms with Gasteiger partial charge in [0.15, 0.2) is 0 Å². The summed E-state index contributed by atoms with van der Waals surface area (Å²) >= 11 is 0. The third-order valence-electron chi connectivity index (χ3n) is 4.23. The summed E-state index contributed by atoms with van der Waals surface area (Å²) in [5, 5.41) is 0. The Morgan fingerprint density at radius 2 is 1.67 bits per heavy atom. The molecule has 1 atom stereocenters. The fourth-order valence-electron chi connectivity index (χ4n) is 2.31. The van der Waals surface area contributed by atoms with Crippen molar-refractivity contribution in [3.63, 3.8) is 0 Å². The van der Waals surface area contributed by atoms with E-state index in [4.69, 9.17) is 9.47 Å². The molecule has 0 amide bonds. The molecular formula is C16H24O2. The Labute approximate surface area is 110 Å². The lowest BCUT2D eigenvalue weighted by Crippen LogP contribution is -2.00. The van der Waals surface area contributed by atoms with Gasteiger partial charge in [-0.25, -0.2) is 0 Å². The molecule has 1 fully saturated rings. The summed E-state index contributed by atoms with van der Waals surface area (Å²) in [6.45, 7) is 4.69. The molecule has 18 heavy (non-hydrogen) atoms. The van der Waals surface area contributed by atoms with Gasteiger partial charge in [-0.3, -0.25) is 0 Å². The Morgan fingerprint density at radius 1 is 1.11 bits per heavy atom. The third-order valence-corrected chi connectivity index (χ3v) is 4.23. The molecule has 1 saturated carbocycles. The Hall–Kier alpha value is -1.18. The Kier molecular flexibility index (Phi) is 3.84. The van der Waals surface area contributed by atoms with Gasteiger partial charge < -0.3 is 9.47 Å². The smallest absolute Gasteiger partial charge is 0.122 e. The van der Waals surface area contributed by atoms with Crippen LogP contribution in [0, 0.1) is 5.41 Å². The van der Waals surface area contributed by atoms with Crippen molar-refractivity contribution in [3.05, 3.63) is 23.8 Å². The highest BCUT2D eigenvalue weighted by molar-refractivity contribution is 5.39. The first-order valence-corrected chi connectivity index (χ1v) is 6.79. The minimum atomic E-state index is 0.562. The first-order valence-electron chi connectivity index (χ1n) is 6.79. The van der Waals surface area contributed by atoms with Crippen LogP contribution in [-0.4, -0.2) is 14.2 Å². The zero-order chi connectivity index (χ0) is 13.2. The fourth-order valence-corrected chi connectivity index (χ4v) is 2.31. The second-order valence-electron chi connectivity index (χ2n) is 5.90. The van der Waals surface area contributed by atoms with E-state index in [2.05, 4.69) is 26.0 Å². The largest absolute Gasteiger partial charge is 0.497 e. The molecule has 0 aliphatic heterocycles. The standard InChI is InChI=1S/C16H24O2/c1-12(5-6-16(2)7-8-16)13-9-14(17-3)11-15(10-13)18-4/h9-12H,5-8H2,1-4H3. The van der Waals surface area contributed by atoms with Crippen LogP contribution in [0.5, 0.6) is 11.5 Å². The maximum atomic E-state index is 5.33. The molecule has 2 heteroatoms. The van der Waals surface area contributed by atoms with Crippen LogP contribution in [0.25, 0.3) is 0 Å². The first kappa shape index (κ1) is 13.3. The molecule has 0 spiro atoms. The van der Waals surface area contributed by atoms with Crippen LogP contribution in [0.4, 0.5) is 0 Å². The number of hydrogen-bond donors (Lipinski definition) is 0. The summed E-state index contributed by atoms with van der Waals surface area (Å²) in [7, 11) is 3.41. The van der Waals surface area contributed by atoms with Gasteiger partial charge in [-0.15, -0.1) is 0 Å². The molecule has 1 aliphatic carbocycles. The van der Waals surface area contributed by atoms with Crippen molar-refractivity contribution >= 4 is 0 Å². The van der Waals surface area contributed by atoms with Gasteiger partial charge in [-0.1, -0.05) is 13.8 Å². The lowest BCUT2D eigenvalue weighted by Gasteiger charge is -2.16. The van der Waals surface area contributed by atoms with E-state index in [0.29, 0.717) is 11.3 Å². The van der Waals surface area contributed by atoms with E-state index in [1.807, 2.05) is 6.07 Å². The third kappa shape index (κ3) is 3.18. The van der Waals surface area contributed by atoms with Gasteiger partial charge in [0.25, 0.3) is 0 Å². The Morgan fingerprint density at radius 3 is 2.11 bits per heavy atom. The van der Waals surface area contributed by atoms with Gasteiger partial charge in [-0.05, 0) is 54.7 Å². The Bertz CT molecular complexity index is 385. The molecule has 2 nitrogen and oxygen atoms in total. The maximum absolute atomic E-state index is 5.33. The zero-order valence-corrected chi connectivity index (χ0v) is 12.0. The number of rotatable bonds is 6. The van der Waals surface area contributed by atoms with E-state index >= 15 is 0 Å². The number of hydrogen-bond acceptors (Lipinski definition) is 2. The summed E-state index contributed by atoms with van der Waals surface area (Å²) in [4.78, 5) is 0. The van der Waals surface area contributed by atoms with Gasteiger partial charge >= 0.3 is 0 Å². The van der Waals surface area contributed by atoms with E-state index in [0.717, 1.165) is 11.5 Å². The van der Waals surface area contributed by atoms with Crippen LogP contribution in [-0.2, 0) is 0 Å². The normalized spacial score (nSPS) is 18.2. The SMILES string of the molecule is COc1cc(OC)cc(C(C)CCC2(C)CC2)c1. The van der Waals surface area contributed by atoms with Gasteiger partial charge in [0.2, 0.25) is 0 Å². The van der Waals surface area contributed by atoms with Crippen LogP contribution >= 0.6 is 0 Å². The summed E-state index contributed by atoms with van der Waals surface area (Å²) in [5.74, 6) is 2.33. The molecule has 0 saturated heterocycles. The first-order chi connectivity index (χ1) is 8.56. The maximum Gasteiger partial charge on any atom is 0.122 e. The number of methoxy groups -OCH3 is 2. The lowest BCUT2D eigenvalue weighted by molar-refractivity contribution is 0.391. The predicted octanol–water partition coefficient (Wildman–Crippen LogP) is 4.39. The van der Waals surface area contributed by atoms with Gasteiger partial charge in [0.05, 0.1) is 14.2 Å². The highest BCUT2D eigenvalue weighted by atomic mass is 16.5. The molecule has 1 unspecified atom stereocenters. The van der Waals surface area contributed by atoms with Crippen molar-refractivity contribution in [1.29, 1.82) is 0 Å². The average molecular weight is 248 g/mol. The van der Waals surface area contributed by atoms with E-state index in [9.17, 15) is 0 Å². The van der Waals surface area contributed by atoms with Crippen molar-refractivity contribution in [2.75, 3.05) is 14.2 Å². The van der Waals surface area contributed by atoms with Crippen molar-refractivity contribution in [3.8, 4) is 11.5 Å². The summed E-state index contributed by atoms with van der Waals surface area (Å²) in [6.07, 6.45) is 5.38. The van der Waals surface area contributed by atoms with Crippen molar-refractivity contribution in [2.24, 2.45) is 5.41 Å². The van der Waals surface area contributed by atoms with Crippen molar-refractivity contribution in [1.82, 2.24) is 0 Å². The minimum absolute atomic E-state index is 0.562. The number of ether oxygens (including phenoxy) is 2. The monoisotopic (exact) mass is 248 g/mol. The lowest BCUT2D eigenvalue weighted by atomic mass is 9.91. The van der Waals surface area contributed by atoms with Gasteiger partial charge in [0, 0.05) is 6.07 Å². The van der Waals surface area contributed by atoms with Crippen LogP contribution in [0.15, 0.2) is 18.2 Å². The second kappa shape index (κ2) is 5.21. The quantitative estimate of drug-likeness (QED) is 0.743. The fraction of sp³-hybridized carbons (Fsp3) is 0.625. The van der Waals surface area contributed by atoms with Crippen LogP contribution in [0.1, 0.15) is 51.0 Å². The minimum Gasteiger partial charge on any atom is -0.497 e. The van der Waals surface area contributed by atoms with E-state index < -0.39 is 0 Å². The highest BCUT2D eigenvalue weighted by Gasteiger charge is 2.36. The van der Waals surface area contributed by atoms with Crippen LogP contribution in [0.3, 0.4) is 0 Å². The van der Waals surface area contributed by atoms with Crippen molar-refractivity contribution in [2.45, 2.75) is 45.4 Å². The number of benzene rings is 1. The molecule has 0 bridgehead atoms.